The van der Waals surface area contributed by atoms with Crippen LogP contribution in [0.5, 0.6) is 5.75 Å². The highest BCUT2D eigenvalue weighted by atomic mass is 32.2. The van der Waals surface area contributed by atoms with E-state index in [4.69, 9.17) is 10.9 Å². The Balaban J connectivity index is 1.98. The number of aromatic nitrogens is 1. The van der Waals surface area contributed by atoms with Gasteiger partial charge in [0, 0.05) is 5.39 Å². The molecule has 0 aliphatic carbocycles. The summed E-state index contributed by atoms with van der Waals surface area (Å²) in [6.07, 6.45) is 0. The Morgan fingerprint density at radius 3 is 2.33 bits per heavy atom. The third-order valence-corrected chi connectivity index (χ3v) is 4.20. The zero-order valence-electron chi connectivity index (χ0n) is 12.3. The van der Waals surface area contributed by atoms with Crippen molar-refractivity contribution in [2.24, 2.45) is 15.4 Å². The molecule has 0 atom stereocenters. The molecule has 24 heavy (non-hydrogen) atoms. The first-order valence-corrected chi connectivity index (χ1v) is 8.32. The number of nitrogens with two attached hydrogens (primary N) is 2. The lowest BCUT2D eigenvalue weighted by Crippen LogP contribution is -2.11. The fourth-order valence-corrected chi connectivity index (χ4v) is 2.62. The number of sulfonamides is 1. The predicted octanol–water partition coefficient (Wildman–Crippen LogP) is 2.59. The largest absolute Gasteiger partial charge is 0.506 e. The second-order valence-corrected chi connectivity index (χ2v) is 6.54. The van der Waals surface area contributed by atoms with E-state index in [0.29, 0.717) is 22.3 Å². The summed E-state index contributed by atoms with van der Waals surface area (Å²) in [5.41, 5.74) is 6.89. The predicted molar refractivity (Wildman–Crippen MR) is 89.8 cm³/mol. The van der Waals surface area contributed by atoms with Crippen LogP contribution in [-0.4, -0.2) is 18.5 Å². The maximum absolute atomic E-state index is 11.2. The molecule has 2 aromatic carbocycles. The van der Waals surface area contributed by atoms with Gasteiger partial charge in [-0.05, 0) is 48.5 Å². The van der Waals surface area contributed by atoms with Crippen molar-refractivity contribution in [2.75, 3.05) is 5.73 Å². The minimum Gasteiger partial charge on any atom is -0.506 e. The van der Waals surface area contributed by atoms with E-state index in [1.807, 2.05) is 0 Å². The van der Waals surface area contributed by atoms with Crippen LogP contribution >= 0.6 is 0 Å². The number of anilines is 1. The molecule has 3 aromatic rings. The highest BCUT2D eigenvalue weighted by molar-refractivity contribution is 7.89. The van der Waals surface area contributed by atoms with Crippen molar-refractivity contribution in [2.45, 2.75) is 4.90 Å². The average Bonchev–Trinajstić information content (AvgIpc) is 2.54. The number of phenols is 1. The van der Waals surface area contributed by atoms with Gasteiger partial charge < -0.3 is 10.8 Å². The number of benzene rings is 2. The third kappa shape index (κ3) is 3.16. The molecule has 5 N–H and O–H groups in total. The van der Waals surface area contributed by atoms with Crippen LogP contribution in [0.25, 0.3) is 10.9 Å². The molecule has 0 amide bonds. The number of pyridine rings is 1. The van der Waals surface area contributed by atoms with E-state index >= 15 is 0 Å². The first-order valence-electron chi connectivity index (χ1n) is 6.77. The molecule has 0 saturated carbocycles. The number of nitrogens with zero attached hydrogens (tertiary/aromatic N) is 3. The minimum absolute atomic E-state index is 0.00351. The summed E-state index contributed by atoms with van der Waals surface area (Å²) in [7, 11) is -3.74. The van der Waals surface area contributed by atoms with Crippen LogP contribution in [0.4, 0.5) is 17.2 Å². The topological polar surface area (TPSA) is 144 Å². The molecule has 0 aliphatic rings. The number of phenolic OH excluding ortho intramolecular Hbond substituents is 1. The average molecular weight is 343 g/mol. The van der Waals surface area contributed by atoms with E-state index in [-0.39, 0.29) is 16.5 Å². The molecule has 0 saturated heterocycles. The zero-order valence-corrected chi connectivity index (χ0v) is 13.1. The quantitative estimate of drug-likeness (QED) is 0.626. The monoisotopic (exact) mass is 343 g/mol. The van der Waals surface area contributed by atoms with Crippen LogP contribution in [0, 0.1) is 0 Å². The summed E-state index contributed by atoms with van der Waals surface area (Å²) < 4.78 is 22.4. The molecule has 1 aromatic heterocycles. The van der Waals surface area contributed by atoms with Gasteiger partial charge in [-0.25, -0.2) is 18.5 Å². The molecule has 9 heteroatoms. The molecular weight excluding hydrogens is 330 g/mol. The van der Waals surface area contributed by atoms with Crippen LogP contribution in [-0.2, 0) is 10.0 Å². The summed E-state index contributed by atoms with van der Waals surface area (Å²) in [5, 5.41) is 23.7. The van der Waals surface area contributed by atoms with Crippen molar-refractivity contribution in [3.8, 4) is 5.75 Å². The maximum Gasteiger partial charge on any atom is 0.238 e. The van der Waals surface area contributed by atoms with E-state index < -0.39 is 10.0 Å². The van der Waals surface area contributed by atoms with Gasteiger partial charge in [0.05, 0.1) is 16.3 Å². The number of azo groups is 1. The Morgan fingerprint density at radius 2 is 1.67 bits per heavy atom. The molecule has 0 unspecified atom stereocenters. The molecule has 8 nitrogen and oxygen atoms in total. The first-order chi connectivity index (χ1) is 11.3. The van der Waals surface area contributed by atoms with Gasteiger partial charge >= 0.3 is 0 Å². The standard InChI is InChI=1S/C15H13N5O3S/c16-14-8-5-11-12(6-7-13(21)15(11)18-14)20-19-9-1-3-10(4-2-9)24(17,22)23/h1-8,21H,(H2,16,18)(H2,17,22,23). The fraction of sp³-hybridized carbons (Fsp3) is 0. The number of nitrogen functional groups attached to an aromatic ring is 1. The minimum atomic E-state index is -3.74. The maximum atomic E-state index is 11.2. The van der Waals surface area contributed by atoms with Gasteiger partial charge in [0.2, 0.25) is 10.0 Å². The van der Waals surface area contributed by atoms with E-state index in [9.17, 15) is 13.5 Å². The Morgan fingerprint density at radius 1 is 0.958 bits per heavy atom. The molecule has 3 rings (SSSR count). The first kappa shape index (κ1) is 15.8. The van der Waals surface area contributed by atoms with Gasteiger partial charge in [0.25, 0.3) is 0 Å². The molecule has 122 valence electrons. The van der Waals surface area contributed by atoms with Crippen LogP contribution < -0.4 is 10.9 Å². The summed E-state index contributed by atoms with van der Waals surface area (Å²) in [5.74, 6) is 0.277. The highest BCUT2D eigenvalue weighted by Gasteiger charge is 2.08. The Bertz CT molecular complexity index is 1050. The zero-order chi connectivity index (χ0) is 17.3. The van der Waals surface area contributed by atoms with Crippen LogP contribution in [0.2, 0.25) is 0 Å². The van der Waals surface area contributed by atoms with Crippen molar-refractivity contribution in [1.29, 1.82) is 0 Å². The van der Waals surface area contributed by atoms with Crippen molar-refractivity contribution in [3.63, 3.8) is 0 Å². The highest BCUT2D eigenvalue weighted by Crippen LogP contribution is 2.32. The summed E-state index contributed by atoms with van der Waals surface area (Å²) in [6.45, 7) is 0. The molecule has 0 radical (unpaired) electrons. The smallest absolute Gasteiger partial charge is 0.238 e. The van der Waals surface area contributed by atoms with Gasteiger partial charge in [-0.1, -0.05) is 0 Å². The second-order valence-electron chi connectivity index (χ2n) is 4.98. The van der Waals surface area contributed by atoms with Crippen molar-refractivity contribution in [3.05, 3.63) is 48.5 Å². The lowest BCUT2D eigenvalue weighted by Gasteiger charge is -2.04. The number of rotatable bonds is 3. The fourth-order valence-electron chi connectivity index (χ4n) is 2.10. The van der Waals surface area contributed by atoms with Crippen LogP contribution in [0.1, 0.15) is 0 Å². The van der Waals surface area contributed by atoms with E-state index in [2.05, 4.69) is 15.2 Å². The van der Waals surface area contributed by atoms with E-state index in [1.165, 1.54) is 30.3 Å². The molecule has 0 aliphatic heterocycles. The molecule has 0 fully saturated rings. The SMILES string of the molecule is Nc1ccc2c(N=Nc3ccc(S(N)(=O)=O)cc3)ccc(O)c2n1. The Hall–Kier alpha value is -3.04. The van der Waals surface area contributed by atoms with E-state index in [0.717, 1.165) is 0 Å². The second kappa shape index (κ2) is 5.87. The van der Waals surface area contributed by atoms with Crippen LogP contribution in [0.15, 0.2) is 63.7 Å². The normalized spacial score (nSPS) is 12.0. The van der Waals surface area contributed by atoms with Crippen molar-refractivity contribution in [1.82, 2.24) is 4.98 Å². The number of hydrogen-bond donors (Lipinski definition) is 3. The Labute approximate surface area is 137 Å². The summed E-state index contributed by atoms with van der Waals surface area (Å²) in [6, 6.07) is 12.0. The summed E-state index contributed by atoms with van der Waals surface area (Å²) in [4.78, 5) is 4.07. The van der Waals surface area contributed by atoms with Gasteiger partial charge in [0.1, 0.15) is 17.1 Å². The summed E-state index contributed by atoms with van der Waals surface area (Å²) >= 11 is 0. The number of hydrogen-bond acceptors (Lipinski definition) is 7. The third-order valence-electron chi connectivity index (χ3n) is 3.27. The lowest BCUT2D eigenvalue weighted by molar-refractivity contribution is 0.480. The number of primary sulfonamides is 1. The molecule has 0 spiro atoms. The lowest BCUT2D eigenvalue weighted by atomic mass is 10.1. The molecular formula is C15H13N5O3S. The van der Waals surface area contributed by atoms with Crippen molar-refractivity contribution < 1.29 is 13.5 Å². The van der Waals surface area contributed by atoms with E-state index in [1.54, 1.807) is 18.2 Å². The van der Waals surface area contributed by atoms with Gasteiger partial charge in [0.15, 0.2) is 0 Å². The van der Waals surface area contributed by atoms with Gasteiger partial charge in [-0.3, -0.25) is 0 Å². The number of aromatic hydroxyl groups is 1. The van der Waals surface area contributed by atoms with Gasteiger partial charge in [-0.15, -0.1) is 5.11 Å². The van der Waals surface area contributed by atoms with Gasteiger partial charge in [-0.2, -0.15) is 5.11 Å². The molecule has 1 heterocycles. The molecule has 0 bridgehead atoms. The Kier molecular flexibility index (Phi) is 3.87. The number of fused-ring (bicyclic) bond motifs is 1. The van der Waals surface area contributed by atoms with Crippen molar-refractivity contribution >= 4 is 38.1 Å². The van der Waals surface area contributed by atoms with Crippen LogP contribution in [0.3, 0.4) is 0 Å².